The Bertz CT molecular complexity index is 756. The van der Waals surface area contributed by atoms with Crippen molar-refractivity contribution in [1.82, 2.24) is 5.32 Å². The quantitative estimate of drug-likeness (QED) is 0.575. The number of hydrogen-bond donors (Lipinski definition) is 1. The van der Waals surface area contributed by atoms with E-state index in [1.165, 1.54) is 11.6 Å². The summed E-state index contributed by atoms with van der Waals surface area (Å²) in [6.45, 7) is 8.95. The van der Waals surface area contributed by atoms with Crippen molar-refractivity contribution < 1.29 is 13.9 Å². The number of nitrogens with one attached hydrogen (secondary N) is 1. The Labute approximate surface area is 172 Å². The first-order valence-corrected chi connectivity index (χ1v) is 10.8. The van der Waals surface area contributed by atoms with Gasteiger partial charge in [0.05, 0.1) is 0 Å². The first-order chi connectivity index (χ1) is 13.3. The molecule has 2 aromatic rings. The maximum Gasteiger partial charge on any atom is 0.261 e. The minimum atomic E-state index is -0.517. The van der Waals surface area contributed by atoms with Crippen LogP contribution in [0.25, 0.3) is 0 Å². The molecular weight excluding hydrogens is 373 g/mol. The van der Waals surface area contributed by atoms with Gasteiger partial charge in [0.2, 0.25) is 0 Å². The molecule has 28 heavy (non-hydrogen) atoms. The molecule has 0 aliphatic carbocycles. The van der Waals surface area contributed by atoms with E-state index >= 15 is 0 Å². The second-order valence-corrected chi connectivity index (χ2v) is 8.83. The van der Waals surface area contributed by atoms with Crippen LogP contribution in [0.15, 0.2) is 48.5 Å². The van der Waals surface area contributed by atoms with Crippen molar-refractivity contribution in [2.45, 2.75) is 51.4 Å². The fraction of sp³-hybridized carbons (Fsp3) is 0.435. The molecule has 2 aromatic carbocycles. The lowest BCUT2D eigenvalue weighted by atomic mass is 9.87. The zero-order chi connectivity index (χ0) is 20.6. The molecule has 1 atom stereocenters. The van der Waals surface area contributed by atoms with Crippen LogP contribution in [0, 0.1) is 5.82 Å². The van der Waals surface area contributed by atoms with Crippen molar-refractivity contribution in [3.63, 3.8) is 0 Å². The first-order valence-electron chi connectivity index (χ1n) is 9.67. The number of rotatable bonds is 9. The number of amides is 1. The van der Waals surface area contributed by atoms with Gasteiger partial charge < -0.3 is 10.1 Å². The van der Waals surface area contributed by atoms with Crippen molar-refractivity contribution in [1.29, 1.82) is 0 Å². The molecule has 0 heterocycles. The average Bonchev–Trinajstić information content (AvgIpc) is 2.66. The number of thioether (sulfide) groups is 1. The molecule has 0 aliphatic heterocycles. The average molecular weight is 404 g/mol. The number of halogens is 1. The minimum absolute atomic E-state index is 0.0837. The topological polar surface area (TPSA) is 38.3 Å². The van der Waals surface area contributed by atoms with Gasteiger partial charge in [-0.25, -0.2) is 4.39 Å². The van der Waals surface area contributed by atoms with Crippen molar-refractivity contribution in [3.8, 4) is 5.75 Å². The van der Waals surface area contributed by atoms with Gasteiger partial charge in [-0.3, -0.25) is 4.79 Å². The summed E-state index contributed by atoms with van der Waals surface area (Å²) in [6.07, 6.45) is 0.0759. The van der Waals surface area contributed by atoms with Gasteiger partial charge in [-0.05, 0) is 41.2 Å². The molecule has 0 aromatic heterocycles. The molecule has 0 fully saturated rings. The molecule has 0 saturated carbocycles. The molecule has 1 amide bonds. The molecule has 1 N–H and O–H groups in total. The Morgan fingerprint density at radius 2 is 1.82 bits per heavy atom. The largest absolute Gasteiger partial charge is 0.481 e. The second-order valence-electron chi connectivity index (χ2n) is 7.72. The molecule has 0 aliphatic rings. The van der Waals surface area contributed by atoms with Crippen LogP contribution in [0.2, 0.25) is 0 Å². The molecule has 0 radical (unpaired) electrons. The first kappa shape index (κ1) is 22.3. The summed E-state index contributed by atoms with van der Waals surface area (Å²) in [7, 11) is 0. The van der Waals surface area contributed by atoms with Crippen LogP contribution >= 0.6 is 11.8 Å². The van der Waals surface area contributed by atoms with Gasteiger partial charge in [0.25, 0.3) is 5.91 Å². The minimum Gasteiger partial charge on any atom is -0.481 e. The highest BCUT2D eigenvalue weighted by molar-refractivity contribution is 7.98. The second kappa shape index (κ2) is 10.5. The predicted octanol–water partition coefficient (Wildman–Crippen LogP) is 5.33. The Balaban J connectivity index is 1.76. The molecular formula is C23H30FNO2S. The van der Waals surface area contributed by atoms with E-state index in [0.29, 0.717) is 30.0 Å². The van der Waals surface area contributed by atoms with E-state index in [2.05, 4.69) is 26.1 Å². The van der Waals surface area contributed by atoms with E-state index in [-0.39, 0.29) is 17.1 Å². The third-order valence-electron chi connectivity index (χ3n) is 4.42. The van der Waals surface area contributed by atoms with Crippen LogP contribution in [0.5, 0.6) is 5.75 Å². The van der Waals surface area contributed by atoms with E-state index < -0.39 is 6.10 Å². The fourth-order valence-electron chi connectivity index (χ4n) is 2.68. The number of benzene rings is 2. The van der Waals surface area contributed by atoms with Crippen LogP contribution in [-0.4, -0.2) is 24.3 Å². The van der Waals surface area contributed by atoms with Gasteiger partial charge in [0, 0.05) is 18.1 Å². The highest BCUT2D eigenvalue weighted by Crippen LogP contribution is 2.25. The van der Waals surface area contributed by atoms with E-state index in [4.69, 9.17) is 4.74 Å². The molecule has 152 valence electrons. The van der Waals surface area contributed by atoms with Gasteiger partial charge in [0.15, 0.2) is 6.10 Å². The van der Waals surface area contributed by atoms with Crippen LogP contribution in [0.4, 0.5) is 4.39 Å². The molecule has 0 bridgehead atoms. The van der Waals surface area contributed by atoms with E-state index in [1.54, 1.807) is 23.9 Å². The molecule has 2 rings (SSSR count). The van der Waals surface area contributed by atoms with Crippen LogP contribution in [-0.2, 0) is 16.0 Å². The Hall–Kier alpha value is -2.01. The maximum absolute atomic E-state index is 13.6. The van der Waals surface area contributed by atoms with Crippen LogP contribution < -0.4 is 10.1 Å². The Morgan fingerprint density at radius 3 is 2.43 bits per heavy atom. The SMILES string of the molecule is CC[C@H](Oc1ccc(C(C)(C)C)cc1)C(=O)NCCSCc1ccccc1F. The van der Waals surface area contributed by atoms with Crippen molar-refractivity contribution in [3.05, 3.63) is 65.5 Å². The summed E-state index contributed by atoms with van der Waals surface area (Å²) < 4.78 is 19.4. The third kappa shape index (κ3) is 6.86. The van der Waals surface area contributed by atoms with E-state index in [9.17, 15) is 9.18 Å². The summed E-state index contributed by atoms with van der Waals surface area (Å²) in [6, 6.07) is 14.7. The van der Waals surface area contributed by atoms with Crippen molar-refractivity contribution >= 4 is 17.7 Å². The molecule has 3 nitrogen and oxygen atoms in total. The van der Waals surface area contributed by atoms with Crippen molar-refractivity contribution in [2.75, 3.05) is 12.3 Å². The fourth-order valence-corrected chi connectivity index (χ4v) is 3.52. The molecule has 0 spiro atoms. The summed E-state index contributed by atoms with van der Waals surface area (Å²) in [5.41, 5.74) is 2.00. The van der Waals surface area contributed by atoms with Gasteiger partial charge in [-0.15, -0.1) is 0 Å². The lowest BCUT2D eigenvalue weighted by Gasteiger charge is -2.21. The van der Waals surface area contributed by atoms with Crippen molar-refractivity contribution in [2.24, 2.45) is 0 Å². The zero-order valence-corrected chi connectivity index (χ0v) is 17.9. The van der Waals surface area contributed by atoms with E-state index in [0.717, 1.165) is 5.75 Å². The van der Waals surface area contributed by atoms with Gasteiger partial charge in [-0.1, -0.05) is 58.0 Å². The molecule has 0 unspecified atom stereocenters. The lowest BCUT2D eigenvalue weighted by molar-refractivity contribution is -0.127. The monoisotopic (exact) mass is 403 g/mol. The highest BCUT2D eigenvalue weighted by atomic mass is 32.2. The van der Waals surface area contributed by atoms with Gasteiger partial charge in [0.1, 0.15) is 11.6 Å². The molecule has 0 saturated heterocycles. The summed E-state index contributed by atoms with van der Waals surface area (Å²) >= 11 is 1.59. The normalized spacial score (nSPS) is 12.5. The Kier molecular flexibility index (Phi) is 8.36. The number of carbonyl (C=O) groups excluding carboxylic acids is 1. The van der Waals surface area contributed by atoms with Gasteiger partial charge >= 0.3 is 0 Å². The van der Waals surface area contributed by atoms with Gasteiger partial charge in [-0.2, -0.15) is 11.8 Å². The Morgan fingerprint density at radius 1 is 1.14 bits per heavy atom. The van der Waals surface area contributed by atoms with E-state index in [1.807, 2.05) is 37.3 Å². The number of hydrogen-bond acceptors (Lipinski definition) is 3. The zero-order valence-electron chi connectivity index (χ0n) is 17.1. The predicted molar refractivity (Wildman–Crippen MR) is 115 cm³/mol. The summed E-state index contributed by atoms with van der Waals surface area (Å²) in [4.78, 5) is 12.4. The summed E-state index contributed by atoms with van der Waals surface area (Å²) in [5.74, 6) is 1.71. The molecule has 5 heteroatoms. The number of carbonyl (C=O) groups is 1. The number of ether oxygens (including phenoxy) is 1. The summed E-state index contributed by atoms with van der Waals surface area (Å²) in [5, 5.41) is 2.91. The van der Waals surface area contributed by atoms with Crippen LogP contribution in [0.1, 0.15) is 45.2 Å². The highest BCUT2D eigenvalue weighted by Gasteiger charge is 2.19. The van der Waals surface area contributed by atoms with Crippen LogP contribution in [0.3, 0.4) is 0 Å². The smallest absolute Gasteiger partial charge is 0.261 e. The third-order valence-corrected chi connectivity index (χ3v) is 5.43. The lowest BCUT2D eigenvalue weighted by Crippen LogP contribution is -2.39. The standard InChI is InChI=1S/C23H30FNO2S/c1-5-21(27-19-12-10-18(11-13-19)23(2,3)4)22(26)25-14-15-28-16-17-8-6-7-9-20(17)24/h6-13,21H,5,14-16H2,1-4H3,(H,25,26)/t21-/m0/s1. The maximum atomic E-state index is 13.6.